The highest BCUT2D eigenvalue weighted by molar-refractivity contribution is 6.10. The first kappa shape index (κ1) is 22.3. The van der Waals surface area contributed by atoms with Gasteiger partial charge < -0.3 is 9.13 Å². The van der Waals surface area contributed by atoms with Gasteiger partial charge in [-0.15, -0.1) is 0 Å². The van der Waals surface area contributed by atoms with Gasteiger partial charge in [-0.1, -0.05) is 60.7 Å². The number of hydrogen-bond acceptors (Lipinski definition) is 2. The number of aromatic nitrogens is 3. The third-order valence-corrected chi connectivity index (χ3v) is 7.77. The fourth-order valence-electron chi connectivity index (χ4n) is 6.03. The van der Waals surface area contributed by atoms with Gasteiger partial charge in [0.25, 0.3) is 0 Å². The van der Waals surface area contributed by atoms with Gasteiger partial charge in [-0.05, 0) is 77.9 Å². The number of benzene rings is 5. The van der Waals surface area contributed by atoms with E-state index in [1.54, 1.807) is 0 Å². The van der Waals surface area contributed by atoms with Crippen LogP contribution in [0.5, 0.6) is 0 Å². The van der Waals surface area contributed by atoms with Crippen molar-refractivity contribution in [3.05, 3.63) is 139 Å². The molecule has 0 radical (unpaired) electrons. The number of pyridine rings is 1. The summed E-state index contributed by atoms with van der Waals surface area (Å²) in [6, 6.07) is 46.6. The Morgan fingerprint density at radius 2 is 1.10 bits per heavy atom. The molecule has 4 heteroatoms. The maximum atomic E-state index is 9.50. The van der Waals surface area contributed by atoms with Crippen LogP contribution in [0.15, 0.2) is 134 Å². The van der Waals surface area contributed by atoms with Gasteiger partial charge in [0, 0.05) is 33.7 Å². The third kappa shape index (κ3) is 3.28. The van der Waals surface area contributed by atoms with Crippen LogP contribution in [-0.2, 0) is 0 Å². The van der Waals surface area contributed by atoms with Crippen molar-refractivity contribution in [2.45, 2.75) is 0 Å². The SMILES string of the molecule is N#Cc1ccc2c(c1)c1ccccc1n2-c1cccc(-c2cccc(-n3c4ccccc4c4ncccc43)c2)c1. The molecular formula is C36H22N4. The molecule has 0 spiro atoms. The second-order valence-electron chi connectivity index (χ2n) is 10.0. The topological polar surface area (TPSA) is 46.5 Å². The number of nitriles is 1. The van der Waals surface area contributed by atoms with Gasteiger partial charge in [-0.2, -0.15) is 5.26 Å². The Bertz CT molecular complexity index is 2240. The van der Waals surface area contributed by atoms with Gasteiger partial charge in [0.2, 0.25) is 0 Å². The minimum absolute atomic E-state index is 0.668. The highest BCUT2D eigenvalue weighted by atomic mass is 15.0. The van der Waals surface area contributed by atoms with Crippen molar-refractivity contribution in [2.75, 3.05) is 0 Å². The molecule has 0 aliphatic heterocycles. The summed E-state index contributed by atoms with van der Waals surface area (Å²) in [5, 5.41) is 12.9. The van der Waals surface area contributed by atoms with Crippen molar-refractivity contribution in [1.29, 1.82) is 5.26 Å². The van der Waals surface area contributed by atoms with Crippen LogP contribution in [0.25, 0.3) is 66.2 Å². The monoisotopic (exact) mass is 510 g/mol. The lowest BCUT2D eigenvalue weighted by Gasteiger charge is -2.12. The molecule has 3 heterocycles. The standard InChI is InChI=1S/C36H22N4/c37-23-24-17-18-34-31(20-24)29-12-1-3-14-32(29)39(34)27-10-5-8-25(21-27)26-9-6-11-28(22-26)40-33-15-4-2-13-30(33)36-35(40)16-7-19-38-36/h1-22H. The largest absolute Gasteiger partial charge is 0.309 e. The molecule has 0 N–H and O–H groups in total. The predicted molar refractivity (Wildman–Crippen MR) is 163 cm³/mol. The molecule has 0 saturated carbocycles. The molecule has 0 atom stereocenters. The maximum absolute atomic E-state index is 9.50. The van der Waals surface area contributed by atoms with E-state index in [0.717, 1.165) is 66.2 Å². The number of para-hydroxylation sites is 2. The summed E-state index contributed by atoms with van der Waals surface area (Å²) >= 11 is 0. The molecule has 0 aliphatic rings. The first-order chi connectivity index (χ1) is 19.8. The van der Waals surface area contributed by atoms with Crippen molar-refractivity contribution in [3.8, 4) is 28.6 Å². The molecule has 40 heavy (non-hydrogen) atoms. The Hall–Kier alpha value is -5.66. The summed E-state index contributed by atoms with van der Waals surface area (Å²) in [6.45, 7) is 0. The van der Waals surface area contributed by atoms with Crippen LogP contribution in [-0.4, -0.2) is 14.1 Å². The number of fused-ring (bicyclic) bond motifs is 6. The average Bonchev–Trinajstić information content (AvgIpc) is 3.54. The fraction of sp³-hybridized carbons (Fsp3) is 0. The van der Waals surface area contributed by atoms with E-state index in [0.29, 0.717) is 5.56 Å². The van der Waals surface area contributed by atoms with Crippen LogP contribution in [0.2, 0.25) is 0 Å². The molecule has 0 bridgehead atoms. The fourth-order valence-corrected chi connectivity index (χ4v) is 6.03. The van der Waals surface area contributed by atoms with Gasteiger partial charge in [0.1, 0.15) is 0 Å². The Kier molecular flexibility index (Phi) is 4.85. The molecule has 186 valence electrons. The molecule has 8 rings (SSSR count). The quantitative estimate of drug-likeness (QED) is 0.238. The van der Waals surface area contributed by atoms with Crippen molar-refractivity contribution >= 4 is 43.7 Å². The molecule has 3 aromatic heterocycles. The zero-order chi connectivity index (χ0) is 26.6. The average molecular weight is 511 g/mol. The van der Waals surface area contributed by atoms with Gasteiger partial charge >= 0.3 is 0 Å². The van der Waals surface area contributed by atoms with Crippen LogP contribution < -0.4 is 0 Å². The lowest BCUT2D eigenvalue weighted by atomic mass is 10.0. The molecule has 5 aromatic carbocycles. The van der Waals surface area contributed by atoms with E-state index < -0.39 is 0 Å². The summed E-state index contributed by atoms with van der Waals surface area (Å²) in [7, 11) is 0. The van der Waals surface area contributed by atoms with Crippen LogP contribution in [0.4, 0.5) is 0 Å². The van der Waals surface area contributed by atoms with E-state index in [1.807, 2.05) is 24.4 Å². The molecule has 0 unspecified atom stereocenters. The summed E-state index contributed by atoms with van der Waals surface area (Å²) in [5.41, 5.74) is 10.6. The lowest BCUT2D eigenvalue weighted by molar-refractivity contribution is 1.17. The second-order valence-corrected chi connectivity index (χ2v) is 10.0. The van der Waals surface area contributed by atoms with E-state index in [1.165, 1.54) is 0 Å². The van der Waals surface area contributed by atoms with Crippen molar-refractivity contribution in [2.24, 2.45) is 0 Å². The smallest absolute Gasteiger partial charge is 0.0991 e. The maximum Gasteiger partial charge on any atom is 0.0991 e. The predicted octanol–water partition coefficient (Wildman–Crippen LogP) is 8.81. The van der Waals surface area contributed by atoms with Crippen molar-refractivity contribution < 1.29 is 0 Å². The molecule has 0 amide bonds. The first-order valence-corrected chi connectivity index (χ1v) is 13.3. The number of hydrogen-bond donors (Lipinski definition) is 0. The van der Waals surface area contributed by atoms with Crippen LogP contribution in [0, 0.1) is 11.3 Å². The highest BCUT2D eigenvalue weighted by Crippen LogP contribution is 2.35. The van der Waals surface area contributed by atoms with Crippen molar-refractivity contribution in [3.63, 3.8) is 0 Å². The van der Waals surface area contributed by atoms with Gasteiger partial charge in [-0.3, -0.25) is 4.98 Å². The van der Waals surface area contributed by atoms with E-state index in [2.05, 4.69) is 124 Å². The molecule has 4 nitrogen and oxygen atoms in total. The van der Waals surface area contributed by atoms with E-state index >= 15 is 0 Å². The zero-order valence-electron chi connectivity index (χ0n) is 21.5. The Morgan fingerprint density at radius 1 is 0.500 bits per heavy atom. The van der Waals surface area contributed by atoms with Crippen LogP contribution >= 0.6 is 0 Å². The summed E-state index contributed by atoms with van der Waals surface area (Å²) in [5.74, 6) is 0. The summed E-state index contributed by atoms with van der Waals surface area (Å²) < 4.78 is 4.59. The Balaban J connectivity index is 1.31. The van der Waals surface area contributed by atoms with Gasteiger partial charge in [-0.25, -0.2) is 0 Å². The molecular weight excluding hydrogens is 488 g/mol. The Labute approximate surface area is 230 Å². The number of rotatable bonds is 3. The zero-order valence-corrected chi connectivity index (χ0v) is 21.5. The number of nitrogens with zero attached hydrogens (tertiary/aromatic N) is 4. The minimum Gasteiger partial charge on any atom is -0.309 e. The second kappa shape index (κ2) is 8.69. The van der Waals surface area contributed by atoms with E-state index in [9.17, 15) is 5.26 Å². The molecule has 0 fully saturated rings. The van der Waals surface area contributed by atoms with E-state index in [4.69, 9.17) is 4.98 Å². The lowest BCUT2D eigenvalue weighted by Crippen LogP contribution is -1.96. The van der Waals surface area contributed by atoms with E-state index in [-0.39, 0.29) is 0 Å². The minimum atomic E-state index is 0.668. The third-order valence-electron chi connectivity index (χ3n) is 7.77. The normalized spacial score (nSPS) is 11.5. The van der Waals surface area contributed by atoms with Crippen LogP contribution in [0.3, 0.4) is 0 Å². The first-order valence-electron chi connectivity index (χ1n) is 13.3. The molecule has 0 aliphatic carbocycles. The Morgan fingerprint density at radius 3 is 1.82 bits per heavy atom. The highest BCUT2D eigenvalue weighted by Gasteiger charge is 2.15. The van der Waals surface area contributed by atoms with Gasteiger partial charge in [0.15, 0.2) is 0 Å². The van der Waals surface area contributed by atoms with Gasteiger partial charge in [0.05, 0.1) is 39.2 Å². The summed E-state index contributed by atoms with van der Waals surface area (Å²) in [6.07, 6.45) is 1.86. The van der Waals surface area contributed by atoms with Crippen molar-refractivity contribution in [1.82, 2.24) is 14.1 Å². The molecule has 0 saturated heterocycles. The van der Waals surface area contributed by atoms with Crippen LogP contribution in [0.1, 0.15) is 5.56 Å². The summed E-state index contributed by atoms with van der Waals surface area (Å²) in [4.78, 5) is 4.70. The molecule has 8 aromatic rings.